The van der Waals surface area contributed by atoms with E-state index in [4.69, 9.17) is 0 Å². The third-order valence-corrected chi connectivity index (χ3v) is 4.25. The Morgan fingerprint density at radius 1 is 1.12 bits per heavy atom. The summed E-state index contributed by atoms with van der Waals surface area (Å²) >= 11 is 0. The normalized spacial score (nSPS) is 17.3. The zero-order valence-electron chi connectivity index (χ0n) is 9.65. The largest absolute Gasteiger partial charge is 0.229 e. The second-order valence-corrected chi connectivity index (χ2v) is 6.31. The zero-order valence-corrected chi connectivity index (χ0v) is 10.5. The lowest BCUT2D eigenvalue weighted by atomic mass is 10.1. The van der Waals surface area contributed by atoms with E-state index >= 15 is 0 Å². The maximum absolute atomic E-state index is 10.4. The third kappa shape index (κ3) is 4.62. The molecule has 16 heavy (non-hydrogen) atoms. The molecule has 88 valence electrons. The van der Waals surface area contributed by atoms with Crippen LogP contribution >= 0.6 is 0 Å². The fourth-order valence-electron chi connectivity index (χ4n) is 1.47. The zero-order chi connectivity index (χ0) is 12.0. The van der Waals surface area contributed by atoms with Crippen LogP contribution in [0.2, 0.25) is 0 Å². The van der Waals surface area contributed by atoms with E-state index in [1.54, 1.807) is 0 Å². The molecule has 0 atom stereocenters. The van der Waals surface area contributed by atoms with Crippen LogP contribution in [0.25, 0.3) is 5.57 Å². The number of rotatable bonds is 1. The van der Waals surface area contributed by atoms with Gasteiger partial charge in [-0.25, -0.2) is 8.42 Å². The smallest absolute Gasteiger partial charge is 0.150 e. The van der Waals surface area contributed by atoms with Crippen LogP contribution in [0.3, 0.4) is 0 Å². The van der Waals surface area contributed by atoms with Crippen LogP contribution in [0.4, 0.5) is 0 Å². The van der Waals surface area contributed by atoms with Gasteiger partial charge in [0.2, 0.25) is 0 Å². The topological polar surface area (TPSA) is 34.1 Å². The van der Waals surface area contributed by atoms with Crippen molar-refractivity contribution in [3.05, 3.63) is 42.5 Å². The quantitative estimate of drug-likeness (QED) is 0.754. The van der Waals surface area contributed by atoms with Crippen LogP contribution in [-0.2, 0) is 9.84 Å². The van der Waals surface area contributed by atoms with Gasteiger partial charge < -0.3 is 0 Å². The first kappa shape index (κ1) is 13.0. The highest BCUT2D eigenvalue weighted by molar-refractivity contribution is 7.91. The number of hydrogen-bond acceptors (Lipinski definition) is 2. The fraction of sp³-hybridized carbons (Fsp3) is 0.385. The van der Waals surface area contributed by atoms with Crippen LogP contribution in [-0.4, -0.2) is 19.9 Å². The first-order chi connectivity index (χ1) is 7.51. The molecule has 0 saturated carbocycles. The maximum Gasteiger partial charge on any atom is 0.150 e. The van der Waals surface area contributed by atoms with Gasteiger partial charge >= 0.3 is 0 Å². The summed E-state index contributed by atoms with van der Waals surface area (Å²) in [6.45, 7) is 5.83. The van der Waals surface area contributed by atoms with E-state index in [1.165, 1.54) is 5.56 Å². The number of benzene rings is 1. The van der Waals surface area contributed by atoms with E-state index in [0.29, 0.717) is 11.5 Å². The number of sulfone groups is 1. The molecule has 1 aromatic rings. The van der Waals surface area contributed by atoms with Crippen LogP contribution in [0, 0.1) is 0 Å². The van der Waals surface area contributed by atoms with E-state index in [2.05, 4.69) is 18.7 Å². The van der Waals surface area contributed by atoms with Gasteiger partial charge in [-0.15, -0.1) is 0 Å². The summed E-state index contributed by atoms with van der Waals surface area (Å²) in [6, 6.07) is 10.2. The van der Waals surface area contributed by atoms with Crippen LogP contribution in [0.5, 0.6) is 0 Å². The third-order valence-electron chi connectivity index (χ3n) is 2.43. The Balaban J connectivity index is 0.000000165. The van der Waals surface area contributed by atoms with Crippen molar-refractivity contribution in [2.45, 2.75) is 19.8 Å². The molecular weight excluding hydrogens is 220 g/mol. The predicted octanol–water partition coefficient (Wildman–Crippen LogP) is 2.91. The summed E-state index contributed by atoms with van der Waals surface area (Å²) in [4.78, 5) is 0. The van der Waals surface area contributed by atoms with Gasteiger partial charge in [-0.05, 0) is 25.3 Å². The molecule has 1 saturated heterocycles. The van der Waals surface area contributed by atoms with E-state index < -0.39 is 9.84 Å². The van der Waals surface area contributed by atoms with Crippen molar-refractivity contribution in [1.82, 2.24) is 0 Å². The number of hydrogen-bond donors (Lipinski definition) is 0. The summed E-state index contributed by atoms with van der Waals surface area (Å²) in [6.07, 6.45) is 1.75. The minimum absolute atomic E-state index is 0.424. The molecule has 0 aliphatic carbocycles. The van der Waals surface area contributed by atoms with Crippen molar-refractivity contribution >= 4 is 15.4 Å². The molecule has 2 rings (SSSR count). The van der Waals surface area contributed by atoms with Crippen molar-refractivity contribution in [3.8, 4) is 0 Å². The molecular formula is C13H18O2S. The predicted molar refractivity (Wildman–Crippen MR) is 69.0 cm³/mol. The molecule has 0 radical (unpaired) electrons. The Hall–Kier alpha value is -1.09. The Labute approximate surface area is 97.9 Å². The summed E-state index contributed by atoms with van der Waals surface area (Å²) in [5.41, 5.74) is 2.34. The van der Waals surface area contributed by atoms with Gasteiger partial charge in [-0.1, -0.05) is 42.5 Å². The van der Waals surface area contributed by atoms with Gasteiger partial charge in [0.05, 0.1) is 11.5 Å². The highest BCUT2D eigenvalue weighted by Gasteiger charge is 2.16. The molecule has 1 aliphatic heterocycles. The average Bonchev–Trinajstić information content (AvgIpc) is 2.65. The summed E-state index contributed by atoms with van der Waals surface area (Å²) < 4.78 is 20.9. The van der Waals surface area contributed by atoms with E-state index in [9.17, 15) is 8.42 Å². The molecule has 0 spiro atoms. The van der Waals surface area contributed by atoms with Gasteiger partial charge in [-0.3, -0.25) is 0 Å². The lowest BCUT2D eigenvalue weighted by molar-refractivity contribution is 0.602. The van der Waals surface area contributed by atoms with Gasteiger partial charge in [0.15, 0.2) is 0 Å². The molecule has 0 bridgehead atoms. The van der Waals surface area contributed by atoms with Crippen LogP contribution in [0.1, 0.15) is 25.3 Å². The highest BCUT2D eigenvalue weighted by Crippen LogP contribution is 2.09. The van der Waals surface area contributed by atoms with Crippen LogP contribution < -0.4 is 0 Å². The van der Waals surface area contributed by atoms with Gasteiger partial charge in [0.25, 0.3) is 0 Å². The highest BCUT2D eigenvalue weighted by atomic mass is 32.2. The second-order valence-electron chi connectivity index (χ2n) is 4.01. The fourth-order valence-corrected chi connectivity index (χ4v) is 2.96. The van der Waals surface area contributed by atoms with Gasteiger partial charge in [0.1, 0.15) is 9.84 Å². The Morgan fingerprint density at radius 2 is 1.62 bits per heavy atom. The second kappa shape index (κ2) is 5.85. The van der Waals surface area contributed by atoms with Crippen molar-refractivity contribution in [2.24, 2.45) is 0 Å². The molecule has 1 aromatic carbocycles. The summed E-state index contributed by atoms with van der Waals surface area (Å²) in [5, 5.41) is 0. The molecule has 3 heteroatoms. The minimum atomic E-state index is -2.55. The van der Waals surface area contributed by atoms with Crippen molar-refractivity contribution in [2.75, 3.05) is 11.5 Å². The summed E-state index contributed by atoms with van der Waals surface area (Å²) in [7, 11) is -2.55. The molecule has 1 heterocycles. The van der Waals surface area contributed by atoms with E-state index in [0.717, 1.165) is 18.4 Å². The molecule has 1 fully saturated rings. The Bertz CT molecular complexity index is 420. The molecule has 2 nitrogen and oxygen atoms in total. The SMILES string of the molecule is C=C(C)c1ccccc1.O=S1(=O)CCCC1. The lowest BCUT2D eigenvalue weighted by Crippen LogP contribution is -1.98. The molecule has 0 N–H and O–H groups in total. The van der Waals surface area contributed by atoms with Gasteiger partial charge in [0, 0.05) is 0 Å². The monoisotopic (exact) mass is 238 g/mol. The Kier molecular flexibility index (Phi) is 4.74. The average molecular weight is 238 g/mol. The first-order valence-electron chi connectivity index (χ1n) is 5.42. The standard InChI is InChI=1S/C9H10.C4H8O2S/c1-8(2)9-6-4-3-5-7-9;5-7(6)3-1-2-4-7/h3-7H,1H2,2H3;1-4H2. The minimum Gasteiger partial charge on any atom is -0.229 e. The van der Waals surface area contributed by atoms with Crippen molar-refractivity contribution in [3.63, 3.8) is 0 Å². The van der Waals surface area contributed by atoms with Crippen molar-refractivity contribution < 1.29 is 8.42 Å². The molecule has 0 amide bonds. The van der Waals surface area contributed by atoms with E-state index in [1.807, 2.05) is 25.1 Å². The summed E-state index contributed by atoms with van der Waals surface area (Å²) in [5.74, 6) is 0.847. The molecule has 0 aromatic heterocycles. The van der Waals surface area contributed by atoms with E-state index in [-0.39, 0.29) is 0 Å². The van der Waals surface area contributed by atoms with Crippen molar-refractivity contribution in [1.29, 1.82) is 0 Å². The van der Waals surface area contributed by atoms with Crippen LogP contribution in [0.15, 0.2) is 36.9 Å². The first-order valence-corrected chi connectivity index (χ1v) is 7.25. The maximum atomic E-state index is 10.4. The molecule has 1 aliphatic rings. The lowest BCUT2D eigenvalue weighted by Gasteiger charge is -1.94. The molecule has 0 unspecified atom stereocenters. The van der Waals surface area contributed by atoms with Gasteiger partial charge in [-0.2, -0.15) is 0 Å². The Morgan fingerprint density at radius 3 is 1.88 bits per heavy atom. The number of allylic oxidation sites excluding steroid dienone is 1.